The molecule has 0 bridgehead atoms. The third kappa shape index (κ3) is 2.96. The second-order valence-corrected chi connectivity index (χ2v) is 5.16. The van der Waals surface area contributed by atoms with E-state index in [1.807, 2.05) is 0 Å². The quantitative estimate of drug-likeness (QED) is 0.808. The van der Waals surface area contributed by atoms with E-state index in [4.69, 9.17) is 0 Å². The maximum atomic E-state index is 14.2. The number of aryl methyl sites for hydroxylation is 1. The predicted molar refractivity (Wildman–Crippen MR) is 85.8 cm³/mol. The second kappa shape index (κ2) is 6.00. The van der Waals surface area contributed by atoms with Crippen molar-refractivity contribution in [1.29, 1.82) is 0 Å². The van der Waals surface area contributed by atoms with E-state index in [9.17, 15) is 14.0 Å². The Morgan fingerprint density at radius 1 is 1.30 bits per heavy atom. The largest absolute Gasteiger partial charge is 0.333 e. The molecule has 6 heteroatoms. The van der Waals surface area contributed by atoms with Crippen LogP contribution in [-0.4, -0.2) is 15.5 Å². The Morgan fingerprint density at radius 3 is 2.87 bits per heavy atom. The molecule has 23 heavy (non-hydrogen) atoms. The molecule has 0 fully saturated rings. The van der Waals surface area contributed by atoms with Gasteiger partial charge >= 0.3 is 0 Å². The minimum atomic E-state index is -0.530. The Bertz CT molecular complexity index is 936. The summed E-state index contributed by atoms with van der Waals surface area (Å²) in [5.74, 6) is -0.855. The lowest BCUT2D eigenvalue weighted by Crippen LogP contribution is -2.22. The maximum absolute atomic E-state index is 14.2. The summed E-state index contributed by atoms with van der Waals surface area (Å²) in [4.78, 5) is 28.1. The highest BCUT2D eigenvalue weighted by atomic mass is 19.1. The molecule has 2 heterocycles. The number of carbonyl (C=O) groups is 1. The fourth-order valence-electron chi connectivity index (χ4n) is 2.49. The lowest BCUT2D eigenvalue weighted by Gasteiger charge is -2.15. The minimum Gasteiger partial charge on any atom is -0.333 e. The summed E-state index contributed by atoms with van der Waals surface area (Å²) in [6.07, 6.45) is 3.12. The maximum Gasteiger partial charge on any atom is 0.244 e. The van der Waals surface area contributed by atoms with Gasteiger partial charge in [0.2, 0.25) is 5.91 Å². The number of hydrogen-bond acceptors (Lipinski definition) is 3. The third-order valence-corrected chi connectivity index (χ3v) is 3.53. The van der Waals surface area contributed by atoms with Crippen LogP contribution in [0.2, 0.25) is 0 Å². The molecule has 3 aromatic rings. The Labute approximate surface area is 131 Å². The van der Waals surface area contributed by atoms with Gasteiger partial charge < -0.3 is 9.88 Å². The summed E-state index contributed by atoms with van der Waals surface area (Å²) in [5.41, 5.74) is 0.953. The first-order valence-corrected chi connectivity index (χ1v) is 7.05. The van der Waals surface area contributed by atoms with Gasteiger partial charge in [-0.1, -0.05) is 6.07 Å². The standard InChI is InChI=1S/C17H14FN3O2/c1-11-8-15(22)13-5-2-6-14(18)17(13)21(11)10-16(23)20-12-4-3-7-19-9-12/h2-9H,10H2,1H3,(H,20,23). The number of carbonyl (C=O) groups excluding carboxylic acids is 1. The van der Waals surface area contributed by atoms with Crippen LogP contribution in [0.4, 0.5) is 10.1 Å². The molecule has 1 amide bonds. The number of hydrogen-bond donors (Lipinski definition) is 1. The van der Waals surface area contributed by atoms with Gasteiger partial charge in [-0.15, -0.1) is 0 Å². The molecule has 0 aliphatic rings. The summed E-state index contributed by atoms with van der Waals surface area (Å²) in [7, 11) is 0. The van der Waals surface area contributed by atoms with E-state index in [-0.39, 0.29) is 28.8 Å². The van der Waals surface area contributed by atoms with Crippen molar-refractivity contribution in [3.63, 3.8) is 0 Å². The van der Waals surface area contributed by atoms with E-state index >= 15 is 0 Å². The van der Waals surface area contributed by atoms with Crippen molar-refractivity contribution in [2.45, 2.75) is 13.5 Å². The molecule has 0 spiro atoms. The molecule has 0 saturated heterocycles. The Balaban J connectivity index is 2.00. The smallest absolute Gasteiger partial charge is 0.244 e. The Morgan fingerprint density at radius 2 is 2.13 bits per heavy atom. The van der Waals surface area contributed by atoms with Crippen molar-refractivity contribution >= 4 is 22.5 Å². The number of halogens is 1. The molecular formula is C17H14FN3O2. The van der Waals surface area contributed by atoms with Gasteiger partial charge in [0.05, 0.1) is 17.4 Å². The zero-order valence-electron chi connectivity index (χ0n) is 12.4. The number of benzene rings is 1. The van der Waals surface area contributed by atoms with Crippen LogP contribution >= 0.6 is 0 Å². The Kier molecular flexibility index (Phi) is 3.89. The van der Waals surface area contributed by atoms with E-state index in [1.54, 1.807) is 31.3 Å². The molecule has 1 N–H and O–H groups in total. The van der Waals surface area contributed by atoms with Crippen molar-refractivity contribution in [3.05, 3.63) is 70.5 Å². The summed E-state index contributed by atoms with van der Waals surface area (Å²) < 4.78 is 15.7. The van der Waals surface area contributed by atoms with Crippen molar-refractivity contribution < 1.29 is 9.18 Å². The molecule has 116 valence electrons. The lowest BCUT2D eigenvalue weighted by atomic mass is 10.1. The van der Waals surface area contributed by atoms with Gasteiger partial charge in [0.1, 0.15) is 12.4 Å². The number of para-hydroxylation sites is 1. The van der Waals surface area contributed by atoms with Crippen molar-refractivity contribution in [1.82, 2.24) is 9.55 Å². The fraction of sp³-hybridized carbons (Fsp3) is 0.118. The SMILES string of the molecule is Cc1cc(=O)c2cccc(F)c2n1CC(=O)Nc1cccnc1. The van der Waals surface area contributed by atoms with Gasteiger partial charge in [0.25, 0.3) is 0 Å². The van der Waals surface area contributed by atoms with E-state index in [1.165, 1.54) is 29.0 Å². The third-order valence-electron chi connectivity index (χ3n) is 3.53. The number of fused-ring (bicyclic) bond motifs is 1. The summed E-state index contributed by atoms with van der Waals surface area (Å²) >= 11 is 0. The van der Waals surface area contributed by atoms with Crippen LogP contribution in [0.15, 0.2) is 53.6 Å². The highest BCUT2D eigenvalue weighted by molar-refractivity contribution is 5.91. The first-order valence-electron chi connectivity index (χ1n) is 7.05. The zero-order chi connectivity index (χ0) is 16.4. The number of nitrogens with zero attached hydrogens (tertiary/aromatic N) is 2. The molecule has 0 saturated carbocycles. The summed E-state index contributed by atoms with van der Waals surface area (Å²) in [6, 6.07) is 9.12. The summed E-state index contributed by atoms with van der Waals surface area (Å²) in [6.45, 7) is 1.57. The molecule has 3 rings (SSSR count). The van der Waals surface area contributed by atoms with Gasteiger partial charge in [0.15, 0.2) is 5.43 Å². The Hall–Kier alpha value is -3.02. The highest BCUT2D eigenvalue weighted by Crippen LogP contribution is 2.17. The first kappa shape index (κ1) is 14.9. The van der Waals surface area contributed by atoms with Crippen LogP contribution in [0.5, 0.6) is 0 Å². The number of anilines is 1. The molecule has 0 radical (unpaired) electrons. The fourth-order valence-corrected chi connectivity index (χ4v) is 2.49. The summed E-state index contributed by atoms with van der Waals surface area (Å²) in [5, 5.41) is 2.95. The molecule has 0 unspecified atom stereocenters. The second-order valence-electron chi connectivity index (χ2n) is 5.16. The van der Waals surface area contributed by atoms with Crippen LogP contribution in [0.25, 0.3) is 10.9 Å². The van der Waals surface area contributed by atoms with Gasteiger partial charge in [-0.2, -0.15) is 0 Å². The number of amides is 1. The van der Waals surface area contributed by atoms with Crippen LogP contribution in [0.1, 0.15) is 5.69 Å². The van der Waals surface area contributed by atoms with Crippen molar-refractivity contribution in [2.24, 2.45) is 0 Å². The van der Waals surface area contributed by atoms with Gasteiger partial charge in [-0.3, -0.25) is 14.6 Å². The van der Waals surface area contributed by atoms with Crippen molar-refractivity contribution in [3.8, 4) is 0 Å². The van der Waals surface area contributed by atoms with E-state index < -0.39 is 5.82 Å². The van der Waals surface area contributed by atoms with E-state index in [2.05, 4.69) is 10.3 Å². The number of aromatic nitrogens is 2. The van der Waals surface area contributed by atoms with E-state index in [0.29, 0.717) is 11.4 Å². The molecule has 5 nitrogen and oxygen atoms in total. The highest BCUT2D eigenvalue weighted by Gasteiger charge is 2.13. The van der Waals surface area contributed by atoms with Crippen LogP contribution in [-0.2, 0) is 11.3 Å². The number of nitrogens with one attached hydrogen (secondary N) is 1. The van der Waals surface area contributed by atoms with Gasteiger partial charge in [0, 0.05) is 23.3 Å². The molecule has 1 aromatic carbocycles. The number of rotatable bonds is 3. The predicted octanol–water partition coefficient (Wildman–Crippen LogP) is 2.48. The van der Waals surface area contributed by atoms with E-state index in [0.717, 1.165) is 0 Å². The van der Waals surface area contributed by atoms with Crippen LogP contribution in [0.3, 0.4) is 0 Å². The van der Waals surface area contributed by atoms with Gasteiger partial charge in [-0.25, -0.2) is 4.39 Å². The molecular weight excluding hydrogens is 297 g/mol. The van der Waals surface area contributed by atoms with Crippen LogP contribution in [0, 0.1) is 12.7 Å². The minimum absolute atomic E-state index is 0.0988. The molecule has 0 atom stereocenters. The normalized spacial score (nSPS) is 10.7. The molecule has 0 aliphatic heterocycles. The average Bonchev–Trinajstić information content (AvgIpc) is 2.52. The van der Waals surface area contributed by atoms with Crippen molar-refractivity contribution in [2.75, 3.05) is 5.32 Å². The van der Waals surface area contributed by atoms with Gasteiger partial charge in [-0.05, 0) is 31.2 Å². The molecule has 2 aromatic heterocycles. The average molecular weight is 311 g/mol. The van der Waals surface area contributed by atoms with Crippen LogP contribution < -0.4 is 10.7 Å². The lowest BCUT2D eigenvalue weighted by molar-refractivity contribution is -0.116. The zero-order valence-corrected chi connectivity index (χ0v) is 12.4. The topological polar surface area (TPSA) is 64.0 Å². The number of pyridine rings is 2. The first-order chi connectivity index (χ1) is 11.1. The monoisotopic (exact) mass is 311 g/mol. The molecule has 0 aliphatic carbocycles.